The first kappa shape index (κ1) is 17.2. The molecule has 0 bridgehead atoms. The van der Waals surface area contributed by atoms with E-state index in [2.05, 4.69) is 50.8 Å². The van der Waals surface area contributed by atoms with Crippen molar-refractivity contribution in [1.82, 2.24) is 10.2 Å². The second-order valence-corrected chi connectivity index (χ2v) is 7.69. The van der Waals surface area contributed by atoms with Crippen molar-refractivity contribution in [3.63, 3.8) is 0 Å². The van der Waals surface area contributed by atoms with Gasteiger partial charge in [0.1, 0.15) is 0 Å². The number of benzene rings is 1. The van der Waals surface area contributed by atoms with Gasteiger partial charge in [0.2, 0.25) is 0 Å². The molecule has 1 aliphatic heterocycles. The lowest BCUT2D eigenvalue weighted by atomic mass is 9.98. The van der Waals surface area contributed by atoms with Crippen LogP contribution in [0.4, 0.5) is 0 Å². The van der Waals surface area contributed by atoms with E-state index in [1.54, 1.807) is 0 Å². The topological polar surface area (TPSA) is 32.3 Å². The molecule has 1 fully saturated rings. The average Bonchev–Trinajstić information content (AvgIpc) is 2.49. The van der Waals surface area contributed by atoms with E-state index in [1.807, 2.05) is 23.1 Å². The summed E-state index contributed by atoms with van der Waals surface area (Å²) in [6, 6.07) is 5.94. The van der Waals surface area contributed by atoms with Gasteiger partial charge in [-0.3, -0.25) is 4.79 Å². The van der Waals surface area contributed by atoms with Crippen LogP contribution < -0.4 is 5.32 Å². The molecule has 1 amide bonds. The summed E-state index contributed by atoms with van der Waals surface area (Å²) in [4.78, 5) is 14.9. The number of amides is 1. The highest BCUT2D eigenvalue weighted by atomic mass is 127. The molecule has 1 atom stereocenters. The third-order valence-corrected chi connectivity index (χ3v) is 5.18. The fraction of sp³-hybridized carbons (Fsp3) is 0.562. The van der Waals surface area contributed by atoms with Crippen LogP contribution in [-0.4, -0.2) is 37.0 Å². The van der Waals surface area contributed by atoms with Gasteiger partial charge in [0.25, 0.3) is 5.91 Å². The lowest BCUT2D eigenvalue weighted by molar-refractivity contribution is 0.0718. The van der Waals surface area contributed by atoms with Crippen molar-refractivity contribution >= 4 is 44.4 Å². The van der Waals surface area contributed by atoms with E-state index in [0.29, 0.717) is 5.92 Å². The van der Waals surface area contributed by atoms with Crippen molar-refractivity contribution in [3.05, 3.63) is 31.8 Å². The maximum absolute atomic E-state index is 12.9. The highest BCUT2D eigenvalue weighted by Gasteiger charge is 2.22. The van der Waals surface area contributed by atoms with Crippen molar-refractivity contribution < 1.29 is 4.79 Å². The van der Waals surface area contributed by atoms with Crippen molar-refractivity contribution in [2.24, 2.45) is 5.92 Å². The van der Waals surface area contributed by atoms with E-state index in [0.717, 1.165) is 46.2 Å². The smallest absolute Gasteiger partial charge is 0.255 e. The second-order valence-electron chi connectivity index (χ2n) is 5.59. The van der Waals surface area contributed by atoms with Gasteiger partial charge in [-0.25, -0.2) is 0 Å². The van der Waals surface area contributed by atoms with Crippen molar-refractivity contribution in [1.29, 1.82) is 0 Å². The molecule has 5 heteroatoms. The Bertz CT molecular complexity index is 489. The minimum absolute atomic E-state index is 0.146. The first-order chi connectivity index (χ1) is 10.1. The minimum atomic E-state index is 0.146. The second kappa shape index (κ2) is 8.48. The number of carbonyl (C=O) groups excluding carboxylic acids is 1. The minimum Gasteiger partial charge on any atom is -0.338 e. The Labute approximate surface area is 149 Å². The summed E-state index contributed by atoms with van der Waals surface area (Å²) < 4.78 is 1.98. The van der Waals surface area contributed by atoms with E-state index in [9.17, 15) is 4.79 Å². The molecule has 2 rings (SSSR count). The summed E-state index contributed by atoms with van der Waals surface area (Å²) in [5.74, 6) is 0.726. The molecule has 0 saturated carbocycles. The van der Waals surface area contributed by atoms with E-state index in [-0.39, 0.29) is 5.91 Å². The molecule has 0 radical (unpaired) electrons. The molecule has 3 nitrogen and oxygen atoms in total. The first-order valence-electron chi connectivity index (χ1n) is 7.57. The third-order valence-electron chi connectivity index (χ3n) is 3.82. The van der Waals surface area contributed by atoms with Crippen LogP contribution in [0.15, 0.2) is 22.7 Å². The third kappa shape index (κ3) is 4.93. The Balaban J connectivity index is 2.12. The lowest BCUT2D eigenvalue weighted by Gasteiger charge is -2.30. The number of rotatable bonds is 5. The molecule has 1 aromatic rings. The molecular weight excluding hydrogens is 443 g/mol. The highest BCUT2D eigenvalue weighted by molar-refractivity contribution is 14.1. The number of hydrogen-bond acceptors (Lipinski definition) is 2. The lowest BCUT2D eigenvalue weighted by Crippen LogP contribution is -2.41. The Kier molecular flexibility index (Phi) is 6.95. The van der Waals surface area contributed by atoms with Gasteiger partial charge in [0, 0.05) is 21.1 Å². The Morgan fingerprint density at radius 1 is 1.52 bits per heavy atom. The van der Waals surface area contributed by atoms with Gasteiger partial charge in [-0.05, 0) is 95.0 Å². The van der Waals surface area contributed by atoms with E-state index >= 15 is 0 Å². The monoisotopic (exact) mass is 464 g/mol. The van der Waals surface area contributed by atoms with E-state index < -0.39 is 0 Å². The van der Waals surface area contributed by atoms with E-state index in [4.69, 9.17) is 0 Å². The molecule has 116 valence electrons. The normalized spacial score (nSPS) is 18.5. The van der Waals surface area contributed by atoms with Gasteiger partial charge in [-0.2, -0.15) is 0 Å². The van der Waals surface area contributed by atoms with Gasteiger partial charge in [-0.1, -0.05) is 6.92 Å². The summed E-state index contributed by atoms with van der Waals surface area (Å²) in [5, 5.41) is 3.43. The fourth-order valence-electron chi connectivity index (χ4n) is 2.77. The summed E-state index contributed by atoms with van der Waals surface area (Å²) >= 11 is 5.77. The van der Waals surface area contributed by atoms with Gasteiger partial charge < -0.3 is 10.2 Å². The number of hydrogen-bond donors (Lipinski definition) is 1. The molecule has 0 spiro atoms. The van der Waals surface area contributed by atoms with Crippen LogP contribution >= 0.6 is 38.5 Å². The standard InChI is InChI=1S/C16H22BrIN2O/c1-2-8-20(11-12-4-3-7-19-10-12)16(21)14-9-13(18)5-6-15(14)17/h5-6,9,12,19H,2-4,7-8,10-11H2,1H3. The highest BCUT2D eigenvalue weighted by Crippen LogP contribution is 2.22. The summed E-state index contributed by atoms with van der Waals surface area (Å²) in [6.07, 6.45) is 3.42. The largest absolute Gasteiger partial charge is 0.338 e. The summed E-state index contributed by atoms with van der Waals surface area (Å²) in [5.41, 5.74) is 0.777. The molecule has 1 aliphatic rings. The zero-order valence-corrected chi connectivity index (χ0v) is 16.1. The van der Waals surface area contributed by atoms with Crippen LogP contribution in [-0.2, 0) is 0 Å². The van der Waals surface area contributed by atoms with Crippen LogP contribution in [0.2, 0.25) is 0 Å². The van der Waals surface area contributed by atoms with Crippen LogP contribution in [0.5, 0.6) is 0 Å². The molecule has 21 heavy (non-hydrogen) atoms. The number of nitrogens with one attached hydrogen (secondary N) is 1. The predicted molar refractivity (Wildman–Crippen MR) is 98.6 cm³/mol. The molecule has 1 saturated heterocycles. The molecule has 0 aromatic heterocycles. The molecule has 1 heterocycles. The summed E-state index contributed by atoms with van der Waals surface area (Å²) in [6.45, 7) is 5.95. The predicted octanol–water partition coefficient (Wildman–Crippen LogP) is 3.91. The maximum Gasteiger partial charge on any atom is 0.255 e. The Hall–Kier alpha value is -0.140. The van der Waals surface area contributed by atoms with Crippen LogP contribution in [0.1, 0.15) is 36.5 Å². The Morgan fingerprint density at radius 2 is 2.33 bits per heavy atom. The zero-order valence-electron chi connectivity index (χ0n) is 12.4. The van der Waals surface area contributed by atoms with Gasteiger partial charge in [-0.15, -0.1) is 0 Å². The van der Waals surface area contributed by atoms with Crippen molar-refractivity contribution in [3.8, 4) is 0 Å². The van der Waals surface area contributed by atoms with Crippen LogP contribution in [0.3, 0.4) is 0 Å². The van der Waals surface area contributed by atoms with Crippen LogP contribution in [0, 0.1) is 9.49 Å². The SMILES string of the molecule is CCCN(CC1CCCNC1)C(=O)c1cc(I)ccc1Br. The summed E-state index contributed by atoms with van der Waals surface area (Å²) in [7, 11) is 0. The molecular formula is C16H22BrIN2O. The Morgan fingerprint density at radius 3 is 3.00 bits per heavy atom. The molecule has 1 N–H and O–H groups in total. The van der Waals surface area contributed by atoms with Crippen molar-refractivity contribution in [2.45, 2.75) is 26.2 Å². The quantitative estimate of drug-likeness (QED) is 0.670. The zero-order chi connectivity index (χ0) is 15.2. The fourth-order valence-corrected chi connectivity index (χ4v) is 3.68. The number of halogens is 2. The number of nitrogens with zero attached hydrogens (tertiary/aromatic N) is 1. The average molecular weight is 465 g/mol. The first-order valence-corrected chi connectivity index (χ1v) is 9.44. The number of piperidine rings is 1. The number of carbonyl (C=O) groups is 1. The van der Waals surface area contributed by atoms with Gasteiger partial charge in [0.05, 0.1) is 5.56 Å². The van der Waals surface area contributed by atoms with Crippen LogP contribution in [0.25, 0.3) is 0 Å². The molecule has 1 aromatic carbocycles. The maximum atomic E-state index is 12.9. The van der Waals surface area contributed by atoms with Gasteiger partial charge >= 0.3 is 0 Å². The molecule has 1 unspecified atom stereocenters. The van der Waals surface area contributed by atoms with E-state index in [1.165, 1.54) is 12.8 Å². The van der Waals surface area contributed by atoms with Gasteiger partial charge in [0.15, 0.2) is 0 Å². The van der Waals surface area contributed by atoms with Crippen molar-refractivity contribution in [2.75, 3.05) is 26.2 Å². The molecule has 0 aliphatic carbocycles.